The highest BCUT2D eigenvalue weighted by atomic mass is 16.5. The van der Waals surface area contributed by atoms with Gasteiger partial charge in [-0.05, 0) is 35.9 Å². The van der Waals surface area contributed by atoms with E-state index < -0.39 is 0 Å². The summed E-state index contributed by atoms with van der Waals surface area (Å²) in [6.45, 7) is 2.46. The van der Waals surface area contributed by atoms with Crippen molar-refractivity contribution in [2.45, 2.75) is 6.92 Å². The summed E-state index contributed by atoms with van der Waals surface area (Å²) in [5.41, 5.74) is 3.72. The maximum absolute atomic E-state index is 12.5. The zero-order valence-corrected chi connectivity index (χ0v) is 16.1. The zero-order valence-electron chi connectivity index (χ0n) is 16.1. The summed E-state index contributed by atoms with van der Waals surface area (Å²) in [7, 11) is 3.05. The molecule has 28 heavy (non-hydrogen) atoms. The lowest BCUT2D eigenvalue weighted by Crippen LogP contribution is -2.18. The van der Waals surface area contributed by atoms with Crippen molar-refractivity contribution in [1.82, 2.24) is 5.43 Å². The van der Waals surface area contributed by atoms with Crippen LogP contribution in [0.5, 0.6) is 17.2 Å². The van der Waals surface area contributed by atoms with Gasteiger partial charge in [0.25, 0.3) is 5.91 Å². The summed E-state index contributed by atoms with van der Waals surface area (Å²) in [4.78, 5) is 12.5. The maximum Gasteiger partial charge on any atom is 0.275 e. The Morgan fingerprint density at radius 2 is 1.86 bits per heavy atom. The Morgan fingerprint density at radius 3 is 2.61 bits per heavy atom. The van der Waals surface area contributed by atoms with Gasteiger partial charge in [-0.25, -0.2) is 5.43 Å². The fourth-order valence-electron chi connectivity index (χ4n) is 2.89. The number of methoxy groups -OCH3 is 2. The van der Waals surface area contributed by atoms with Crippen LogP contribution in [0.4, 0.5) is 0 Å². The second-order valence-electron chi connectivity index (χ2n) is 5.90. The normalized spacial score (nSPS) is 10.8. The molecular formula is C22H22N2O4. The minimum Gasteiger partial charge on any atom is -0.497 e. The molecule has 1 N–H and O–H groups in total. The fourth-order valence-corrected chi connectivity index (χ4v) is 2.89. The molecule has 144 valence electrons. The first-order chi connectivity index (χ1) is 13.7. The summed E-state index contributed by atoms with van der Waals surface area (Å²) < 4.78 is 16.1. The minimum atomic E-state index is -0.381. The summed E-state index contributed by atoms with van der Waals surface area (Å²) in [5.74, 6) is 1.34. The van der Waals surface area contributed by atoms with Gasteiger partial charge in [-0.15, -0.1) is 0 Å². The van der Waals surface area contributed by atoms with Gasteiger partial charge >= 0.3 is 0 Å². The van der Waals surface area contributed by atoms with E-state index in [0.29, 0.717) is 29.4 Å². The Bertz CT molecular complexity index is 1010. The molecule has 3 aromatic carbocycles. The largest absolute Gasteiger partial charge is 0.497 e. The third-order valence-electron chi connectivity index (χ3n) is 4.24. The van der Waals surface area contributed by atoms with Crippen LogP contribution in [0.25, 0.3) is 10.8 Å². The summed E-state index contributed by atoms with van der Waals surface area (Å²) in [5, 5.41) is 6.20. The molecule has 0 aliphatic carbocycles. The highest BCUT2D eigenvalue weighted by molar-refractivity contribution is 6.03. The molecule has 0 aliphatic rings. The van der Waals surface area contributed by atoms with Crippen molar-refractivity contribution in [2.24, 2.45) is 5.10 Å². The molecular weight excluding hydrogens is 356 g/mol. The Kier molecular flexibility index (Phi) is 6.11. The molecule has 0 bridgehead atoms. The first-order valence-electron chi connectivity index (χ1n) is 8.88. The van der Waals surface area contributed by atoms with E-state index in [1.165, 1.54) is 7.11 Å². The molecule has 0 radical (unpaired) electrons. The first-order valence-corrected chi connectivity index (χ1v) is 8.88. The van der Waals surface area contributed by atoms with Crippen LogP contribution < -0.4 is 19.6 Å². The van der Waals surface area contributed by atoms with Gasteiger partial charge in [-0.1, -0.05) is 30.3 Å². The molecule has 0 spiro atoms. The van der Waals surface area contributed by atoms with Crippen LogP contribution in [0.2, 0.25) is 0 Å². The number of hydrazone groups is 1. The van der Waals surface area contributed by atoms with E-state index in [4.69, 9.17) is 14.2 Å². The third kappa shape index (κ3) is 4.06. The number of fused-ring (bicyclic) bond motifs is 1. The zero-order chi connectivity index (χ0) is 19.9. The highest BCUT2D eigenvalue weighted by Crippen LogP contribution is 2.27. The van der Waals surface area contributed by atoms with Gasteiger partial charge < -0.3 is 14.2 Å². The average molecular weight is 378 g/mol. The van der Waals surface area contributed by atoms with Gasteiger partial charge in [0.2, 0.25) is 0 Å². The second-order valence-corrected chi connectivity index (χ2v) is 5.90. The van der Waals surface area contributed by atoms with Crippen LogP contribution >= 0.6 is 0 Å². The molecule has 0 aromatic heterocycles. The SMILES string of the molecule is CCOc1ccc2ccccc2c1C=NNC(=O)c1ccc(OC)cc1OC. The molecule has 0 atom stereocenters. The monoisotopic (exact) mass is 378 g/mol. The van der Waals surface area contributed by atoms with Gasteiger partial charge in [0, 0.05) is 11.6 Å². The molecule has 0 saturated carbocycles. The molecule has 3 aromatic rings. The van der Waals surface area contributed by atoms with Crippen molar-refractivity contribution in [2.75, 3.05) is 20.8 Å². The van der Waals surface area contributed by atoms with Crippen molar-refractivity contribution in [1.29, 1.82) is 0 Å². The summed E-state index contributed by atoms with van der Waals surface area (Å²) in [6.07, 6.45) is 1.60. The van der Waals surface area contributed by atoms with E-state index in [1.807, 2.05) is 43.3 Å². The van der Waals surface area contributed by atoms with Crippen molar-refractivity contribution in [3.8, 4) is 17.2 Å². The van der Waals surface area contributed by atoms with E-state index in [0.717, 1.165) is 16.3 Å². The summed E-state index contributed by atoms with van der Waals surface area (Å²) >= 11 is 0. The Hall–Kier alpha value is -3.54. The Balaban J connectivity index is 1.87. The molecule has 0 unspecified atom stereocenters. The molecule has 3 rings (SSSR count). The second kappa shape index (κ2) is 8.90. The molecule has 0 saturated heterocycles. The minimum absolute atomic E-state index is 0.364. The smallest absolute Gasteiger partial charge is 0.275 e. The van der Waals surface area contributed by atoms with Gasteiger partial charge in [0.1, 0.15) is 17.2 Å². The molecule has 6 heteroatoms. The quantitative estimate of drug-likeness (QED) is 0.498. The Morgan fingerprint density at radius 1 is 1.04 bits per heavy atom. The fraction of sp³-hybridized carbons (Fsp3) is 0.182. The maximum atomic E-state index is 12.5. The number of ether oxygens (including phenoxy) is 3. The summed E-state index contributed by atoms with van der Waals surface area (Å²) in [6, 6.07) is 16.8. The predicted molar refractivity (Wildman–Crippen MR) is 110 cm³/mol. The van der Waals surface area contributed by atoms with Crippen LogP contribution in [0.3, 0.4) is 0 Å². The van der Waals surface area contributed by atoms with E-state index in [1.54, 1.807) is 31.5 Å². The van der Waals surface area contributed by atoms with E-state index in [9.17, 15) is 4.79 Å². The number of benzene rings is 3. The van der Waals surface area contributed by atoms with Crippen LogP contribution in [0.1, 0.15) is 22.8 Å². The lowest BCUT2D eigenvalue weighted by atomic mass is 10.0. The molecule has 0 aliphatic heterocycles. The van der Waals surface area contributed by atoms with Crippen LogP contribution in [0, 0.1) is 0 Å². The number of amides is 1. The third-order valence-corrected chi connectivity index (χ3v) is 4.24. The number of hydrogen-bond donors (Lipinski definition) is 1. The lowest BCUT2D eigenvalue weighted by Gasteiger charge is -2.11. The van der Waals surface area contributed by atoms with Gasteiger partial charge in [-0.3, -0.25) is 4.79 Å². The lowest BCUT2D eigenvalue weighted by molar-refractivity contribution is 0.0952. The number of carbonyl (C=O) groups excluding carboxylic acids is 1. The highest BCUT2D eigenvalue weighted by Gasteiger charge is 2.13. The number of carbonyl (C=O) groups is 1. The molecule has 1 amide bonds. The average Bonchev–Trinajstić information content (AvgIpc) is 2.74. The van der Waals surface area contributed by atoms with Crippen molar-refractivity contribution in [3.63, 3.8) is 0 Å². The van der Waals surface area contributed by atoms with Crippen molar-refractivity contribution in [3.05, 3.63) is 65.7 Å². The van der Waals surface area contributed by atoms with E-state index in [2.05, 4.69) is 10.5 Å². The van der Waals surface area contributed by atoms with Gasteiger partial charge in [-0.2, -0.15) is 5.10 Å². The molecule has 0 heterocycles. The number of nitrogens with one attached hydrogen (secondary N) is 1. The van der Waals surface area contributed by atoms with Crippen molar-refractivity contribution >= 4 is 22.9 Å². The van der Waals surface area contributed by atoms with Gasteiger partial charge in [0.05, 0.1) is 32.6 Å². The predicted octanol–water partition coefficient (Wildman–Crippen LogP) is 4.02. The molecule has 0 fully saturated rings. The van der Waals surface area contributed by atoms with Crippen LogP contribution in [-0.4, -0.2) is 32.9 Å². The van der Waals surface area contributed by atoms with Crippen molar-refractivity contribution < 1.29 is 19.0 Å². The molecule has 6 nitrogen and oxygen atoms in total. The number of hydrogen-bond acceptors (Lipinski definition) is 5. The van der Waals surface area contributed by atoms with E-state index in [-0.39, 0.29) is 5.91 Å². The van der Waals surface area contributed by atoms with Crippen LogP contribution in [0.15, 0.2) is 59.7 Å². The Labute approximate surface area is 163 Å². The number of nitrogens with zero attached hydrogens (tertiary/aromatic N) is 1. The van der Waals surface area contributed by atoms with Gasteiger partial charge in [0.15, 0.2) is 0 Å². The van der Waals surface area contributed by atoms with Crippen LogP contribution in [-0.2, 0) is 0 Å². The van der Waals surface area contributed by atoms with E-state index >= 15 is 0 Å². The first kappa shape index (κ1) is 19.2. The number of rotatable bonds is 7. The topological polar surface area (TPSA) is 69.2 Å². The standard InChI is InChI=1S/C22H22N2O4/c1-4-28-20-12-9-15-7-5-6-8-17(15)19(20)14-23-24-22(25)18-11-10-16(26-2)13-21(18)27-3/h5-14H,4H2,1-3H3,(H,24,25).